The smallest absolute Gasteiger partial charge is 0.338 e. The molecule has 1 aromatic carbocycles. The molecule has 0 radical (unpaired) electrons. The van der Waals surface area contributed by atoms with E-state index in [0.717, 1.165) is 0 Å². The molecule has 1 N–H and O–H groups in total. The van der Waals surface area contributed by atoms with Crippen LogP contribution in [-0.4, -0.2) is 18.2 Å². The van der Waals surface area contributed by atoms with Crippen molar-refractivity contribution in [1.82, 2.24) is 0 Å². The average Bonchev–Trinajstić information content (AvgIpc) is 2.30. The summed E-state index contributed by atoms with van der Waals surface area (Å²) in [5.41, 5.74) is 8.21. The maximum absolute atomic E-state index is 10.7. The molecular formula is C10H8ClN3O3. The summed E-state index contributed by atoms with van der Waals surface area (Å²) >= 11 is 5.90. The van der Waals surface area contributed by atoms with E-state index in [-0.39, 0.29) is 0 Å². The lowest BCUT2D eigenvalue weighted by molar-refractivity contribution is -0.132. The van der Waals surface area contributed by atoms with Gasteiger partial charge in [0.2, 0.25) is 0 Å². The maximum atomic E-state index is 10.7. The zero-order valence-electron chi connectivity index (χ0n) is 8.79. The van der Waals surface area contributed by atoms with Crippen molar-refractivity contribution in [2.45, 2.75) is 0 Å². The molecule has 1 aromatic rings. The van der Waals surface area contributed by atoms with Crippen LogP contribution in [0.5, 0.6) is 5.75 Å². The molecule has 0 saturated heterocycles. The Kier molecular flexibility index (Phi) is 4.39. The minimum atomic E-state index is -1.32. The number of halogens is 1. The fraction of sp³-hybridized carbons (Fsp3) is 0.100. The highest BCUT2D eigenvalue weighted by atomic mass is 35.5. The van der Waals surface area contributed by atoms with Crippen molar-refractivity contribution in [3.05, 3.63) is 44.9 Å². The molecule has 0 atom stereocenters. The number of hydrogen-bond acceptors (Lipinski definition) is 3. The summed E-state index contributed by atoms with van der Waals surface area (Å²) in [4.78, 5) is 13.2. The Balaban J connectivity index is 3.20. The van der Waals surface area contributed by atoms with Gasteiger partial charge in [-0.3, -0.25) is 0 Å². The van der Waals surface area contributed by atoms with Crippen molar-refractivity contribution in [2.75, 3.05) is 7.11 Å². The van der Waals surface area contributed by atoms with E-state index in [0.29, 0.717) is 16.3 Å². The zero-order chi connectivity index (χ0) is 12.8. The topological polar surface area (TPSA) is 95.3 Å². The molecule has 17 heavy (non-hydrogen) atoms. The van der Waals surface area contributed by atoms with Crippen LogP contribution >= 0.6 is 11.6 Å². The van der Waals surface area contributed by atoms with Gasteiger partial charge in [0.05, 0.1) is 12.1 Å². The van der Waals surface area contributed by atoms with Gasteiger partial charge in [0.1, 0.15) is 11.4 Å². The highest BCUT2D eigenvalue weighted by Crippen LogP contribution is 2.24. The normalized spacial score (nSPS) is 10.6. The molecular weight excluding hydrogens is 246 g/mol. The Bertz CT molecular complexity index is 518. The third-order valence-corrected chi connectivity index (χ3v) is 2.20. The zero-order valence-corrected chi connectivity index (χ0v) is 9.55. The lowest BCUT2D eigenvalue weighted by Crippen LogP contribution is -1.96. The van der Waals surface area contributed by atoms with Gasteiger partial charge in [0.25, 0.3) is 0 Å². The molecule has 0 aliphatic rings. The first-order valence-corrected chi connectivity index (χ1v) is 4.80. The van der Waals surface area contributed by atoms with E-state index >= 15 is 0 Å². The molecule has 0 aliphatic carbocycles. The molecule has 0 amide bonds. The number of ether oxygens (including phenoxy) is 1. The lowest BCUT2D eigenvalue weighted by atomic mass is 10.2. The second-order valence-corrected chi connectivity index (χ2v) is 3.32. The van der Waals surface area contributed by atoms with E-state index in [1.807, 2.05) is 0 Å². The maximum Gasteiger partial charge on any atom is 0.338 e. The number of carboxylic acid groups (broad SMARTS) is 1. The number of aliphatic carboxylic acids is 1. The van der Waals surface area contributed by atoms with E-state index in [2.05, 4.69) is 10.0 Å². The highest BCUT2D eigenvalue weighted by Gasteiger charge is 2.07. The predicted octanol–water partition coefficient (Wildman–Crippen LogP) is 3.08. The summed E-state index contributed by atoms with van der Waals surface area (Å²) in [6.45, 7) is 0. The van der Waals surface area contributed by atoms with Crippen LogP contribution in [0.4, 0.5) is 0 Å². The van der Waals surface area contributed by atoms with Gasteiger partial charge in [-0.25, -0.2) is 4.79 Å². The summed E-state index contributed by atoms with van der Waals surface area (Å²) in [6, 6.07) is 4.72. The van der Waals surface area contributed by atoms with Crippen LogP contribution in [0, 0.1) is 0 Å². The minimum Gasteiger partial charge on any atom is -0.497 e. The van der Waals surface area contributed by atoms with Crippen molar-refractivity contribution in [2.24, 2.45) is 5.11 Å². The molecule has 0 aromatic heterocycles. The molecule has 0 spiro atoms. The van der Waals surface area contributed by atoms with Gasteiger partial charge >= 0.3 is 5.97 Å². The number of hydrogen-bond donors (Lipinski definition) is 1. The number of benzene rings is 1. The molecule has 0 fully saturated rings. The quantitative estimate of drug-likeness (QED) is 0.386. The number of carbonyl (C=O) groups is 1. The molecule has 88 valence electrons. The molecule has 0 bridgehead atoms. The average molecular weight is 254 g/mol. The van der Waals surface area contributed by atoms with Crippen molar-refractivity contribution in [3.63, 3.8) is 0 Å². The van der Waals surface area contributed by atoms with Gasteiger partial charge in [-0.15, -0.1) is 0 Å². The third kappa shape index (κ3) is 3.41. The summed E-state index contributed by atoms with van der Waals surface area (Å²) in [5.74, 6) is -0.775. The first kappa shape index (κ1) is 12.9. The molecule has 0 unspecified atom stereocenters. The largest absolute Gasteiger partial charge is 0.497 e. The van der Waals surface area contributed by atoms with Gasteiger partial charge in [-0.1, -0.05) is 16.7 Å². The summed E-state index contributed by atoms with van der Waals surface area (Å²) in [6.07, 6.45) is 1.18. The van der Waals surface area contributed by atoms with E-state index in [9.17, 15) is 4.79 Å². The Morgan fingerprint density at radius 3 is 2.82 bits per heavy atom. The van der Waals surface area contributed by atoms with Crippen molar-refractivity contribution < 1.29 is 14.6 Å². The molecule has 0 aliphatic heterocycles. The summed E-state index contributed by atoms with van der Waals surface area (Å²) < 4.78 is 4.95. The fourth-order valence-corrected chi connectivity index (χ4v) is 1.31. The van der Waals surface area contributed by atoms with E-state index in [1.54, 1.807) is 12.1 Å². The van der Waals surface area contributed by atoms with Crippen LogP contribution < -0.4 is 4.74 Å². The number of azide groups is 1. The van der Waals surface area contributed by atoms with E-state index in [4.69, 9.17) is 27.0 Å². The van der Waals surface area contributed by atoms with Crippen LogP contribution in [-0.2, 0) is 4.79 Å². The second-order valence-electron chi connectivity index (χ2n) is 2.91. The van der Waals surface area contributed by atoms with Crippen LogP contribution in [0.3, 0.4) is 0 Å². The standard InChI is InChI=1S/C10H8ClN3O3/c1-17-7-3-2-6(8(11)5-7)4-9(10(15)16)13-14-12/h2-5H,1H3,(H,15,16)/b9-4-. The molecule has 0 saturated carbocycles. The van der Waals surface area contributed by atoms with E-state index in [1.165, 1.54) is 19.3 Å². The summed E-state index contributed by atoms with van der Waals surface area (Å²) in [5, 5.41) is 12.1. The number of rotatable bonds is 4. The van der Waals surface area contributed by atoms with Crippen molar-refractivity contribution >= 4 is 23.6 Å². The number of nitrogens with zero attached hydrogens (tertiary/aromatic N) is 3. The number of methoxy groups -OCH3 is 1. The Morgan fingerprint density at radius 2 is 2.35 bits per heavy atom. The lowest BCUT2D eigenvalue weighted by Gasteiger charge is -2.03. The Labute approximate surface area is 102 Å². The molecule has 7 heteroatoms. The van der Waals surface area contributed by atoms with Gasteiger partial charge in [0, 0.05) is 4.91 Å². The SMILES string of the molecule is COc1ccc(/C=C(\N=[N+]=[N-])C(=O)O)c(Cl)c1. The predicted molar refractivity (Wildman–Crippen MR) is 62.8 cm³/mol. The van der Waals surface area contributed by atoms with Gasteiger partial charge in [0.15, 0.2) is 0 Å². The minimum absolute atomic E-state index is 0.302. The molecule has 6 nitrogen and oxygen atoms in total. The van der Waals surface area contributed by atoms with Crippen LogP contribution in [0.1, 0.15) is 5.56 Å². The fourth-order valence-electron chi connectivity index (χ4n) is 1.08. The van der Waals surface area contributed by atoms with Crippen LogP contribution in [0.15, 0.2) is 29.0 Å². The molecule has 0 heterocycles. The third-order valence-electron chi connectivity index (χ3n) is 1.87. The first-order valence-electron chi connectivity index (χ1n) is 4.42. The van der Waals surface area contributed by atoms with Gasteiger partial charge in [-0.2, -0.15) is 0 Å². The Morgan fingerprint density at radius 1 is 1.65 bits per heavy atom. The first-order chi connectivity index (χ1) is 8.08. The van der Waals surface area contributed by atoms with Crippen LogP contribution in [0.25, 0.3) is 16.5 Å². The van der Waals surface area contributed by atoms with Crippen molar-refractivity contribution in [3.8, 4) is 5.75 Å². The molecule has 1 rings (SSSR count). The van der Waals surface area contributed by atoms with E-state index < -0.39 is 11.7 Å². The monoisotopic (exact) mass is 253 g/mol. The second kappa shape index (κ2) is 5.79. The van der Waals surface area contributed by atoms with Gasteiger partial charge in [-0.05, 0) is 35.4 Å². The summed E-state index contributed by atoms with van der Waals surface area (Å²) in [7, 11) is 1.49. The van der Waals surface area contributed by atoms with Crippen LogP contribution in [0.2, 0.25) is 5.02 Å². The highest BCUT2D eigenvalue weighted by molar-refractivity contribution is 6.32. The van der Waals surface area contributed by atoms with Gasteiger partial charge < -0.3 is 9.84 Å². The van der Waals surface area contributed by atoms with Crippen molar-refractivity contribution in [1.29, 1.82) is 0 Å². The number of carboxylic acids is 1. The Hall–Kier alpha value is -2.17.